The van der Waals surface area contributed by atoms with E-state index in [-0.39, 0.29) is 11.7 Å². The quantitative estimate of drug-likeness (QED) is 0.275. The SMILES string of the molecule is C=CCc1cc(C=C2SC(=Nc3ccccc3)N(Cc3ccc(OC)cc3)C2=O)cc(OCC)c1O. The van der Waals surface area contributed by atoms with Crippen LogP contribution < -0.4 is 9.47 Å². The summed E-state index contributed by atoms with van der Waals surface area (Å²) in [6.07, 6.45) is 4.02. The van der Waals surface area contributed by atoms with Crippen LogP contribution in [-0.4, -0.2) is 34.8 Å². The summed E-state index contributed by atoms with van der Waals surface area (Å²) in [5.41, 5.74) is 3.18. The normalized spacial score (nSPS) is 15.5. The standard InChI is InChI=1S/C29H28N2O4S/c1-4-9-22-16-21(17-25(27(22)32)35-5-2)18-26-28(33)31(19-20-12-14-24(34-3)15-13-20)29(36-26)30-23-10-7-6-8-11-23/h4,6-8,10-18,32H,1,5,9,19H2,2-3H3. The molecule has 0 aromatic heterocycles. The Labute approximate surface area is 215 Å². The Bertz CT molecular complexity index is 1300. The van der Waals surface area contributed by atoms with Gasteiger partial charge in [0.2, 0.25) is 0 Å². The van der Waals surface area contributed by atoms with E-state index < -0.39 is 0 Å². The van der Waals surface area contributed by atoms with E-state index in [0.29, 0.717) is 41.0 Å². The smallest absolute Gasteiger partial charge is 0.267 e. The maximum absolute atomic E-state index is 13.6. The van der Waals surface area contributed by atoms with Crippen molar-refractivity contribution < 1.29 is 19.4 Å². The molecule has 184 valence electrons. The van der Waals surface area contributed by atoms with Crippen molar-refractivity contribution in [1.82, 2.24) is 4.90 Å². The highest BCUT2D eigenvalue weighted by atomic mass is 32.2. The van der Waals surface area contributed by atoms with Gasteiger partial charge < -0.3 is 14.6 Å². The molecule has 0 bridgehead atoms. The summed E-state index contributed by atoms with van der Waals surface area (Å²) >= 11 is 1.33. The van der Waals surface area contributed by atoms with Gasteiger partial charge in [0.15, 0.2) is 16.7 Å². The van der Waals surface area contributed by atoms with Crippen LogP contribution in [0.15, 0.2) is 89.3 Å². The minimum atomic E-state index is -0.137. The number of phenols is 1. The van der Waals surface area contributed by atoms with Crippen molar-refractivity contribution in [3.05, 3.63) is 101 Å². The van der Waals surface area contributed by atoms with Crippen molar-refractivity contribution in [2.45, 2.75) is 19.9 Å². The highest BCUT2D eigenvalue weighted by molar-refractivity contribution is 8.18. The van der Waals surface area contributed by atoms with Crippen LogP contribution in [0.4, 0.5) is 5.69 Å². The summed E-state index contributed by atoms with van der Waals surface area (Å²) in [6.45, 7) is 6.42. The van der Waals surface area contributed by atoms with E-state index >= 15 is 0 Å². The van der Waals surface area contributed by atoms with Gasteiger partial charge in [0.05, 0.1) is 30.9 Å². The van der Waals surface area contributed by atoms with Crippen molar-refractivity contribution in [2.24, 2.45) is 4.99 Å². The highest BCUT2D eigenvalue weighted by Gasteiger charge is 2.33. The minimum absolute atomic E-state index is 0.0942. The van der Waals surface area contributed by atoms with E-state index in [1.807, 2.05) is 73.7 Å². The average Bonchev–Trinajstić information content (AvgIpc) is 3.16. The highest BCUT2D eigenvalue weighted by Crippen LogP contribution is 2.38. The van der Waals surface area contributed by atoms with E-state index in [2.05, 4.69) is 6.58 Å². The number of amidine groups is 1. The number of rotatable bonds is 9. The molecule has 0 radical (unpaired) electrons. The molecule has 0 unspecified atom stereocenters. The summed E-state index contributed by atoms with van der Waals surface area (Å²) in [6, 6.07) is 20.8. The van der Waals surface area contributed by atoms with Crippen LogP contribution in [0.2, 0.25) is 0 Å². The summed E-state index contributed by atoms with van der Waals surface area (Å²) in [5, 5.41) is 11.1. The number of aromatic hydroxyl groups is 1. The van der Waals surface area contributed by atoms with Crippen molar-refractivity contribution in [3.63, 3.8) is 0 Å². The molecule has 0 atom stereocenters. The molecule has 0 saturated carbocycles. The Hall–Kier alpha value is -3.97. The Morgan fingerprint density at radius 2 is 1.86 bits per heavy atom. The van der Waals surface area contributed by atoms with Crippen LogP contribution >= 0.6 is 11.8 Å². The lowest BCUT2D eigenvalue weighted by atomic mass is 10.0. The lowest BCUT2D eigenvalue weighted by Crippen LogP contribution is -2.28. The first-order valence-corrected chi connectivity index (χ1v) is 12.4. The first kappa shape index (κ1) is 25.1. The number of ether oxygens (including phenoxy) is 2. The van der Waals surface area contributed by atoms with Crippen molar-refractivity contribution in [2.75, 3.05) is 13.7 Å². The number of phenolic OH excluding ortho intramolecular Hbond substituents is 1. The van der Waals surface area contributed by atoms with Crippen LogP contribution in [0.25, 0.3) is 6.08 Å². The number of nitrogens with zero attached hydrogens (tertiary/aromatic N) is 2. The summed E-state index contributed by atoms with van der Waals surface area (Å²) in [7, 11) is 1.62. The zero-order chi connectivity index (χ0) is 25.5. The number of allylic oxidation sites excluding steroid dienone is 1. The molecule has 3 aromatic rings. The van der Waals surface area contributed by atoms with Gasteiger partial charge in [-0.05, 0) is 78.7 Å². The van der Waals surface area contributed by atoms with Crippen molar-refractivity contribution >= 4 is 34.6 Å². The summed E-state index contributed by atoms with van der Waals surface area (Å²) in [5.74, 6) is 1.10. The molecule has 1 amide bonds. The molecule has 4 rings (SSSR count). The Balaban J connectivity index is 1.72. The van der Waals surface area contributed by atoms with E-state index in [0.717, 1.165) is 22.6 Å². The third kappa shape index (κ3) is 5.80. The summed E-state index contributed by atoms with van der Waals surface area (Å²) in [4.78, 5) is 20.5. The van der Waals surface area contributed by atoms with Crippen molar-refractivity contribution in [1.29, 1.82) is 0 Å². The fraction of sp³-hybridized carbons (Fsp3) is 0.172. The van der Waals surface area contributed by atoms with Gasteiger partial charge in [-0.25, -0.2) is 4.99 Å². The Morgan fingerprint density at radius 1 is 1.11 bits per heavy atom. The zero-order valence-corrected chi connectivity index (χ0v) is 21.1. The summed E-state index contributed by atoms with van der Waals surface area (Å²) < 4.78 is 10.9. The van der Waals surface area contributed by atoms with Crippen LogP contribution in [0.5, 0.6) is 17.2 Å². The number of hydrogen-bond donors (Lipinski definition) is 1. The number of para-hydroxylation sites is 1. The number of benzene rings is 3. The second-order valence-corrected chi connectivity index (χ2v) is 9.04. The Kier molecular flexibility index (Phi) is 8.13. The van der Waals surface area contributed by atoms with Gasteiger partial charge in [0, 0.05) is 5.56 Å². The number of hydrogen-bond acceptors (Lipinski definition) is 6. The van der Waals surface area contributed by atoms with Gasteiger partial charge in [-0.3, -0.25) is 9.69 Å². The Morgan fingerprint density at radius 3 is 2.53 bits per heavy atom. The van der Waals surface area contributed by atoms with Crippen molar-refractivity contribution in [3.8, 4) is 17.2 Å². The second kappa shape index (κ2) is 11.6. The van der Waals surface area contributed by atoms with Crippen LogP contribution in [0.1, 0.15) is 23.6 Å². The number of carbonyl (C=O) groups excluding carboxylic acids is 1. The van der Waals surface area contributed by atoms with Gasteiger partial charge in [-0.15, -0.1) is 6.58 Å². The van der Waals surface area contributed by atoms with Crippen LogP contribution in [-0.2, 0) is 17.8 Å². The van der Waals surface area contributed by atoms with E-state index in [1.54, 1.807) is 24.2 Å². The monoisotopic (exact) mass is 500 g/mol. The first-order chi connectivity index (χ1) is 17.5. The molecule has 1 heterocycles. The molecule has 36 heavy (non-hydrogen) atoms. The number of amides is 1. The molecule has 3 aromatic carbocycles. The zero-order valence-electron chi connectivity index (χ0n) is 20.3. The lowest BCUT2D eigenvalue weighted by molar-refractivity contribution is -0.122. The molecule has 1 N–H and O–H groups in total. The fourth-order valence-corrected chi connectivity index (χ4v) is 4.76. The predicted octanol–water partition coefficient (Wildman–Crippen LogP) is 6.33. The topological polar surface area (TPSA) is 71.4 Å². The third-order valence-electron chi connectivity index (χ3n) is 5.51. The molecular weight excluding hydrogens is 472 g/mol. The van der Waals surface area contributed by atoms with Crippen LogP contribution in [0.3, 0.4) is 0 Å². The molecular formula is C29H28N2O4S. The molecule has 1 fully saturated rings. The second-order valence-electron chi connectivity index (χ2n) is 8.03. The third-order valence-corrected chi connectivity index (χ3v) is 6.51. The lowest BCUT2D eigenvalue weighted by Gasteiger charge is -2.16. The molecule has 1 saturated heterocycles. The maximum Gasteiger partial charge on any atom is 0.267 e. The molecule has 0 aliphatic carbocycles. The average molecular weight is 501 g/mol. The minimum Gasteiger partial charge on any atom is -0.504 e. The molecule has 1 aliphatic rings. The van der Waals surface area contributed by atoms with Gasteiger partial charge >= 0.3 is 0 Å². The predicted molar refractivity (Wildman–Crippen MR) is 146 cm³/mol. The van der Waals surface area contributed by atoms with E-state index in [4.69, 9.17) is 14.5 Å². The fourth-order valence-electron chi connectivity index (χ4n) is 3.76. The number of methoxy groups -OCH3 is 1. The molecule has 1 aliphatic heterocycles. The van der Waals surface area contributed by atoms with Gasteiger partial charge in [0.1, 0.15) is 5.75 Å². The van der Waals surface area contributed by atoms with Crippen LogP contribution in [0, 0.1) is 0 Å². The van der Waals surface area contributed by atoms with E-state index in [9.17, 15) is 9.90 Å². The largest absolute Gasteiger partial charge is 0.504 e. The first-order valence-electron chi connectivity index (χ1n) is 11.6. The number of aliphatic imine (C=N–C) groups is 1. The van der Waals surface area contributed by atoms with Gasteiger partial charge in [0.25, 0.3) is 5.91 Å². The number of thioether (sulfide) groups is 1. The van der Waals surface area contributed by atoms with Gasteiger partial charge in [-0.1, -0.05) is 36.4 Å². The molecule has 7 heteroatoms. The molecule has 6 nitrogen and oxygen atoms in total. The maximum atomic E-state index is 13.6. The van der Waals surface area contributed by atoms with Gasteiger partial charge in [-0.2, -0.15) is 0 Å². The molecule has 0 spiro atoms. The van der Waals surface area contributed by atoms with E-state index in [1.165, 1.54) is 11.8 Å². The number of carbonyl (C=O) groups is 1.